The van der Waals surface area contributed by atoms with Crippen molar-refractivity contribution in [2.75, 3.05) is 12.9 Å². The van der Waals surface area contributed by atoms with Crippen LogP contribution in [0.4, 0.5) is 0 Å². The number of ether oxygens (including phenoxy) is 2. The van der Waals surface area contributed by atoms with E-state index in [9.17, 15) is 4.79 Å². The molecule has 2 aromatic heterocycles. The van der Waals surface area contributed by atoms with Crippen LogP contribution in [0.25, 0.3) is 0 Å². The van der Waals surface area contributed by atoms with Gasteiger partial charge in [0, 0.05) is 6.07 Å². The van der Waals surface area contributed by atoms with Gasteiger partial charge in [-0.25, -0.2) is 15.0 Å². The highest BCUT2D eigenvalue weighted by molar-refractivity contribution is 7.99. The van der Waals surface area contributed by atoms with Gasteiger partial charge in [-0.3, -0.25) is 4.79 Å². The first-order chi connectivity index (χ1) is 13.1. The number of nitrogens with two attached hydrogens (primary N) is 1. The zero-order valence-corrected chi connectivity index (χ0v) is 16.6. The van der Waals surface area contributed by atoms with Gasteiger partial charge in [-0.1, -0.05) is 30.8 Å². The maximum absolute atomic E-state index is 10.3. The number of carbonyl (C=O) groups excluding carboxylic acids is 1. The molecule has 1 aromatic carbocycles. The molecule has 0 aliphatic heterocycles. The van der Waals surface area contributed by atoms with Gasteiger partial charge in [0.05, 0.1) is 12.0 Å². The third kappa shape index (κ3) is 7.24. The van der Waals surface area contributed by atoms with E-state index in [-0.39, 0.29) is 5.91 Å². The number of hydrogen-bond donors (Lipinski definition) is 1. The Bertz CT molecular complexity index is 844. The molecule has 1 amide bonds. The minimum Gasteiger partial charge on any atom is -0.497 e. The van der Waals surface area contributed by atoms with Crippen LogP contribution < -0.4 is 15.2 Å². The molecule has 0 bridgehead atoms. The van der Waals surface area contributed by atoms with E-state index in [0.717, 1.165) is 22.4 Å². The van der Waals surface area contributed by atoms with E-state index < -0.39 is 0 Å². The molecule has 142 valence electrons. The fourth-order valence-electron chi connectivity index (χ4n) is 1.84. The monoisotopic (exact) mass is 404 g/mol. The van der Waals surface area contributed by atoms with E-state index in [1.54, 1.807) is 31.0 Å². The standard InChI is InChI=1S/C13H15N3O2S.C5H5NOS/c1-3-19-13-15-9-14-12(16-13)8-18-11-6-4-5-10(7-11)17-2;6-5(7)4-2-1-3-8-4/h4-7,9H,3,8H2,1-2H3;1-3H,(H2,6,7). The van der Waals surface area contributed by atoms with Crippen LogP contribution in [-0.2, 0) is 6.61 Å². The number of aromatic nitrogens is 3. The minimum atomic E-state index is -0.347. The lowest BCUT2D eigenvalue weighted by Gasteiger charge is -2.07. The topological polar surface area (TPSA) is 100 Å². The van der Waals surface area contributed by atoms with Gasteiger partial charge in [0.1, 0.15) is 24.4 Å². The average Bonchev–Trinajstić information content (AvgIpc) is 3.23. The second kappa shape index (κ2) is 11.1. The van der Waals surface area contributed by atoms with Crippen molar-refractivity contribution in [3.63, 3.8) is 0 Å². The van der Waals surface area contributed by atoms with Crippen molar-refractivity contribution in [3.8, 4) is 11.5 Å². The Kier molecular flexibility index (Phi) is 8.53. The van der Waals surface area contributed by atoms with Crippen LogP contribution in [0.1, 0.15) is 22.4 Å². The Morgan fingerprint density at radius 1 is 1.22 bits per heavy atom. The summed E-state index contributed by atoms with van der Waals surface area (Å²) in [6.07, 6.45) is 1.51. The van der Waals surface area contributed by atoms with Crippen molar-refractivity contribution in [1.82, 2.24) is 15.0 Å². The highest BCUT2D eigenvalue weighted by atomic mass is 32.2. The van der Waals surface area contributed by atoms with Gasteiger partial charge < -0.3 is 15.2 Å². The van der Waals surface area contributed by atoms with E-state index >= 15 is 0 Å². The Morgan fingerprint density at radius 2 is 2.04 bits per heavy atom. The maximum Gasteiger partial charge on any atom is 0.258 e. The van der Waals surface area contributed by atoms with Crippen molar-refractivity contribution in [3.05, 3.63) is 58.8 Å². The summed E-state index contributed by atoms with van der Waals surface area (Å²) in [6.45, 7) is 2.37. The minimum absolute atomic E-state index is 0.312. The smallest absolute Gasteiger partial charge is 0.258 e. The van der Waals surface area contributed by atoms with Crippen molar-refractivity contribution >= 4 is 29.0 Å². The average molecular weight is 405 g/mol. The van der Waals surface area contributed by atoms with E-state index in [1.165, 1.54) is 17.7 Å². The molecule has 0 aliphatic rings. The molecule has 2 heterocycles. The van der Waals surface area contributed by atoms with Gasteiger partial charge in [0.15, 0.2) is 11.0 Å². The first kappa shape index (κ1) is 20.7. The number of nitrogens with zero attached hydrogens (tertiary/aromatic N) is 3. The molecule has 0 aliphatic carbocycles. The normalized spacial score (nSPS) is 9.85. The molecule has 9 heteroatoms. The van der Waals surface area contributed by atoms with Gasteiger partial charge >= 0.3 is 0 Å². The lowest BCUT2D eigenvalue weighted by atomic mass is 10.3. The number of hydrogen-bond acceptors (Lipinski definition) is 8. The summed E-state index contributed by atoms with van der Waals surface area (Å²) in [5, 5.41) is 2.54. The summed E-state index contributed by atoms with van der Waals surface area (Å²) >= 11 is 2.94. The van der Waals surface area contributed by atoms with Gasteiger partial charge in [0.25, 0.3) is 5.91 Å². The summed E-state index contributed by atoms with van der Waals surface area (Å²) in [5.74, 6) is 2.69. The quantitative estimate of drug-likeness (QED) is 0.602. The van der Waals surface area contributed by atoms with Crippen LogP contribution in [0.2, 0.25) is 0 Å². The molecule has 0 spiro atoms. The number of carbonyl (C=O) groups is 1. The fourth-order valence-corrected chi connectivity index (χ4v) is 2.97. The van der Waals surface area contributed by atoms with Crippen LogP contribution in [0.15, 0.2) is 53.3 Å². The van der Waals surface area contributed by atoms with E-state index in [1.807, 2.05) is 29.6 Å². The van der Waals surface area contributed by atoms with Gasteiger partial charge in [0.2, 0.25) is 0 Å². The third-order valence-electron chi connectivity index (χ3n) is 3.05. The second-order valence-corrected chi connectivity index (χ2v) is 7.11. The van der Waals surface area contributed by atoms with Crippen molar-refractivity contribution < 1.29 is 14.3 Å². The predicted octanol–water partition coefficient (Wildman–Crippen LogP) is 3.42. The predicted molar refractivity (Wildman–Crippen MR) is 106 cm³/mol. The second-order valence-electron chi connectivity index (χ2n) is 4.93. The maximum atomic E-state index is 10.3. The Hall–Kier alpha value is -2.65. The number of benzene rings is 1. The molecule has 3 aromatic rings. The molecule has 2 N–H and O–H groups in total. The van der Waals surface area contributed by atoms with Crippen LogP contribution in [-0.4, -0.2) is 33.7 Å². The van der Waals surface area contributed by atoms with Crippen LogP contribution >= 0.6 is 23.1 Å². The summed E-state index contributed by atoms with van der Waals surface area (Å²) in [5.41, 5.74) is 4.93. The molecule has 0 saturated carbocycles. The largest absolute Gasteiger partial charge is 0.497 e. The number of thioether (sulfide) groups is 1. The number of thiophene rings is 1. The Labute approximate surface area is 166 Å². The molecule has 0 atom stereocenters. The summed E-state index contributed by atoms with van der Waals surface area (Å²) in [6, 6.07) is 10.9. The van der Waals surface area contributed by atoms with Gasteiger partial charge in [-0.05, 0) is 29.3 Å². The molecule has 27 heavy (non-hydrogen) atoms. The number of rotatable bonds is 7. The molecular formula is C18H20N4O3S2. The Balaban J connectivity index is 0.000000273. The van der Waals surface area contributed by atoms with Crippen molar-refractivity contribution in [2.45, 2.75) is 18.7 Å². The van der Waals surface area contributed by atoms with E-state index in [4.69, 9.17) is 15.2 Å². The molecule has 0 radical (unpaired) electrons. The van der Waals surface area contributed by atoms with Crippen molar-refractivity contribution in [2.24, 2.45) is 5.73 Å². The molecule has 0 unspecified atom stereocenters. The van der Waals surface area contributed by atoms with Crippen LogP contribution in [0, 0.1) is 0 Å². The molecule has 0 fully saturated rings. The zero-order valence-electron chi connectivity index (χ0n) is 15.0. The summed E-state index contributed by atoms with van der Waals surface area (Å²) < 4.78 is 10.8. The molecule has 0 saturated heterocycles. The fraction of sp³-hybridized carbons (Fsp3) is 0.222. The molecular weight excluding hydrogens is 384 g/mol. The van der Waals surface area contributed by atoms with Crippen molar-refractivity contribution in [1.29, 1.82) is 0 Å². The van der Waals surface area contributed by atoms with Gasteiger partial charge in [-0.15, -0.1) is 11.3 Å². The van der Waals surface area contributed by atoms with E-state index in [2.05, 4.69) is 21.9 Å². The first-order valence-electron chi connectivity index (χ1n) is 8.03. The summed E-state index contributed by atoms with van der Waals surface area (Å²) in [7, 11) is 1.62. The van der Waals surface area contributed by atoms with Crippen LogP contribution in [0.5, 0.6) is 11.5 Å². The highest BCUT2D eigenvalue weighted by Crippen LogP contribution is 2.19. The molecule has 3 rings (SSSR count). The number of primary amides is 1. The summed E-state index contributed by atoms with van der Waals surface area (Å²) in [4.78, 5) is 23.4. The first-order valence-corrected chi connectivity index (χ1v) is 9.89. The highest BCUT2D eigenvalue weighted by Gasteiger charge is 2.03. The zero-order chi connectivity index (χ0) is 19.5. The number of amides is 1. The molecule has 7 nitrogen and oxygen atoms in total. The van der Waals surface area contributed by atoms with Crippen LogP contribution in [0.3, 0.4) is 0 Å². The lowest BCUT2D eigenvalue weighted by Crippen LogP contribution is -2.07. The Morgan fingerprint density at radius 3 is 2.67 bits per heavy atom. The van der Waals surface area contributed by atoms with E-state index in [0.29, 0.717) is 17.3 Å². The van der Waals surface area contributed by atoms with Gasteiger partial charge in [-0.2, -0.15) is 0 Å². The SMILES string of the molecule is CCSc1ncnc(COc2cccc(OC)c2)n1.NC(=O)c1cccs1. The number of methoxy groups -OCH3 is 1. The lowest BCUT2D eigenvalue weighted by molar-refractivity contribution is 0.100. The third-order valence-corrected chi connectivity index (χ3v) is 4.67.